The Morgan fingerprint density at radius 3 is 2.84 bits per heavy atom. The average Bonchev–Trinajstić information content (AvgIpc) is 2.94. The van der Waals surface area contributed by atoms with Crippen LogP contribution in [0.2, 0.25) is 0 Å². The third-order valence-electron chi connectivity index (χ3n) is 4.08. The molecule has 1 aromatic carbocycles. The van der Waals surface area contributed by atoms with Crippen LogP contribution >= 0.6 is 0 Å². The topological polar surface area (TPSA) is 74.6 Å². The largest absolute Gasteiger partial charge is 0.412 e. The number of imidazole rings is 1. The van der Waals surface area contributed by atoms with Gasteiger partial charge in [0.2, 0.25) is 0 Å². The predicted octanol–water partition coefficient (Wildman–Crippen LogP) is 2.47. The third kappa shape index (κ3) is 3.93. The zero-order valence-corrected chi connectivity index (χ0v) is 15.2. The number of carbonyl (C=O) groups excluding carboxylic acids is 1. The minimum Gasteiger partial charge on any atom is -0.410 e. The van der Waals surface area contributed by atoms with E-state index < -0.39 is 6.09 Å². The number of benzene rings is 1. The molecule has 0 aliphatic carbocycles. The van der Waals surface area contributed by atoms with Gasteiger partial charge >= 0.3 is 6.09 Å². The monoisotopic (exact) mass is 347 g/mol. The third-order valence-corrected chi connectivity index (χ3v) is 4.08. The Labute approximate surface area is 147 Å². The minimum atomic E-state index is -0.498. The fourth-order valence-corrected chi connectivity index (χ4v) is 2.93. The molecule has 1 unspecified atom stereocenters. The number of fused-ring (bicyclic) bond motifs is 1. The summed E-state index contributed by atoms with van der Waals surface area (Å²) in [6.45, 7) is 8.92. The van der Waals surface area contributed by atoms with Crippen LogP contribution in [0.25, 0.3) is 11.0 Å². The van der Waals surface area contributed by atoms with E-state index in [2.05, 4.69) is 30.7 Å². The Bertz CT molecular complexity index is 758. The van der Waals surface area contributed by atoms with Crippen molar-refractivity contribution in [3.63, 3.8) is 0 Å². The van der Waals surface area contributed by atoms with Crippen LogP contribution < -0.4 is 10.1 Å². The number of rotatable bonds is 3. The van der Waals surface area contributed by atoms with E-state index in [0.29, 0.717) is 32.1 Å². The van der Waals surface area contributed by atoms with Gasteiger partial charge in [-0.15, -0.1) is 0 Å². The van der Waals surface area contributed by atoms with Crippen LogP contribution in [-0.2, 0) is 21.4 Å². The van der Waals surface area contributed by atoms with Crippen LogP contribution in [0.1, 0.15) is 26.6 Å². The molecule has 1 amide bonds. The fourth-order valence-electron chi connectivity index (χ4n) is 2.93. The summed E-state index contributed by atoms with van der Waals surface area (Å²) in [7, 11) is 1.53. The van der Waals surface area contributed by atoms with Gasteiger partial charge in [0.25, 0.3) is 0 Å². The standard InChI is InChI=1S/C18H25N3O4/c1-18(2,3)16-20-14-9-12(25-17(22)19-4)5-6-15(14)21(16)10-13-11-23-7-8-24-13/h5-6,9,13H,7-8,10-11H2,1-4H3,(H,19,22). The molecule has 0 radical (unpaired) electrons. The number of hydrogen-bond acceptors (Lipinski definition) is 5. The van der Waals surface area contributed by atoms with Crippen LogP contribution in [0.15, 0.2) is 18.2 Å². The molecule has 3 rings (SSSR count). The first-order valence-electron chi connectivity index (χ1n) is 8.48. The maximum Gasteiger partial charge on any atom is 0.412 e. The maximum atomic E-state index is 11.4. The SMILES string of the molecule is CNC(=O)Oc1ccc2c(c1)nc(C(C)(C)C)n2CC1COCCO1. The summed E-state index contributed by atoms with van der Waals surface area (Å²) >= 11 is 0. The molecule has 1 atom stereocenters. The van der Waals surface area contributed by atoms with Crippen LogP contribution in [0, 0.1) is 0 Å². The number of nitrogens with one attached hydrogen (secondary N) is 1. The molecule has 1 aliphatic heterocycles. The van der Waals surface area contributed by atoms with Crippen molar-refractivity contribution in [2.45, 2.75) is 38.8 Å². The molecule has 7 nitrogen and oxygen atoms in total. The van der Waals surface area contributed by atoms with Crippen molar-refractivity contribution in [1.82, 2.24) is 14.9 Å². The number of amides is 1. The minimum absolute atomic E-state index is 0.00838. The highest BCUT2D eigenvalue weighted by molar-refractivity contribution is 5.79. The van der Waals surface area contributed by atoms with Gasteiger partial charge in [0.05, 0.1) is 43.5 Å². The van der Waals surface area contributed by atoms with E-state index in [0.717, 1.165) is 16.9 Å². The van der Waals surface area contributed by atoms with E-state index in [4.69, 9.17) is 19.2 Å². The zero-order chi connectivity index (χ0) is 18.0. The Kier molecular flexibility index (Phi) is 4.96. The Hall–Kier alpha value is -2.12. The Morgan fingerprint density at radius 2 is 2.20 bits per heavy atom. The van der Waals surface area contributed by atoms with Crippen molar-refractivity contribution in [2.24, 2.45) is 0 Å². The van der Waals surface area contributed by atoms with E-state index in [9.17, 15) is 4.79 Å². The number of aromatic nitrogens is 2. The normalized spacial score (nSPS) is 18.3. The average molecular weight is 347 g/mol. The fraction of sp³-hybridized carbons (Fsp3) is 0.556. The van der Waals surface area contributed by atoms with Gasteiger partial charge in [-0.1, -0.05) is 20.8 Å². The van der Waals surface area contributed by atoms with Crippen LogP contribution in [-0.4, -0.2) is 48.6 Å². The molecule has 0 spiro atoms. The first-order chi connectivity index (χ1) is 11.9. The van der Waals surface area contributed by atoms with Gasteiger partial charge in [-0.3, -0.25) is 0 Å². The van der Waals surface area contributed by atoms with Gasteiger partial charge in [-0.25, -0.2) is 9.78 Å². The summed E-state index contributed by atoms with van der Waals surface area (Å²) in [5.41, 5.74) is 1.66. The number of carbonyl (C=O) groups is 1. The second-order valence-corrected chi connectivity index (χ2v) is 7.15. The molecule has 1 saturated heterocycles. The van der Waals surface area contributed by atoms with Crippen LogP contribution in [0.4, 0.5) is 4.79 Å². The van der Waals surface area contributed by atoms with Crippen molar-refractivity contribution in [3.05, 3.63) is 24.0 Å². The number of nitrogens with zero attached hydrogens (tertiary/aromatic N) is 2. The van der Waals surface area contributed by atoms with Gasteiger partial charge in [-0.05, 0) is 12.1 Å². The van der Waals surface area contributed by atoms with Gasteiger partial charge in [0.15, 0.2) is 0 Å². The first-order valence-corrected chi connectivity index (χ1v) is 8.48. The predicted molar refractivity (Wildman–Crippen MR) is 94.1 cm³/mol. The van der Waals surface area contributed by atoms with Crippen molar-refractivity contribution in [3.8, 4) is 5.75 Å². The van der Waals surface area contributed by atoms with Gasteiger partial charge < -0.3 is 24.1 Å². The van der Waals surface area contributed by atoms with E-state index in [1.165, 1.54) is 7.05 Å². The quantitative estimate of drug-likeness (QED) is 0.923. The lowest BCUT2D eigenvalue weighted by molar-refractivity contribution is -0.0936. The summed E-state index contributed by atoms with van der Waals surface area (Å²) in [5.74, 6) is 1.43. The molecule has 0 bridgehead atoms. The molecule has 1 N–H and O–H groups in total. The maximum absolute atomic E-state index is 11.4. The van der Waals surface area contributed by atoms with Gasteiger partial charge in [0.1, 0.15) is 11.6 Å². The van der Waals surface area contributed by atoms with Crippen molar-refractivity contribution < 1.29 is 19.0 Å². The molecule has 2 heterocycles. The van der Waals surface area contributed by atoms with E-state index >= 15 is 0 Å². The molecule has 25 heavy (non-hydrogen) atoms. The lowest BCUT2D eigenvalue weighted by Crippen LogP contribution is -2.33. The van der Waals surface area contributed by atoms with E-state index in [-0.39, 0.29) is 11.5 Å². The summed E-state index contributed by atoms with van der Waals surface area (Å²) in [6.07, 6.45) is -0.489. The summed E-state index contributed by atoms with van der Waals surface area (Å²) < 4.78 is 18.7. The molecule has 1 fully saturated rings. The summed E-state index contributed by atoms with van der Waals surface area (Å²) in [5, 5.41) is 2.44. The van der Waals surface area contributed by atoms with Crippen LogP contribution in [0.5, 0.6) is 5.75 Å². The smallest absolute Gasteiger partial charge is 0.410 e. The summed E-state index contributed by atoms with van der Waals surface area (Å²) in [4.78, 5) is 16.2. The van der Waals surface area contributed by atoms with Gasteiger partial charge in [-0.2, -0.15) is 0 Å². The number of ether oxygens (including phenoxy) is 3. The first kappa shape index (κ1) is 17.7. The highest BCUT2D eigenvalue weighted by atomic mass is 16.6. The molecule has 7 heteroatoms. The molecule has 2 aromatic rings. The zero-order valence-electron chi connectivity index (χ0n) is 15.2. The van der Waals surface area contributed by atoms with E-state index in [1.54, 1.807) is 12.1 Å². The highest BCUT2D eigenvalue weighted by Gasteiger charge is 2.26. The second-order valence-electron chi connectivity index (χ2n) is 7.15. The van der Waals surface area contributed by atoms with Crippen molar-refractivity contribution in [2.75, 3.05) is 26.9 Å². The lowest BCUT2D eigenvalue weighted by atomic mass is 9.95. The molecular weight excluding hydrogens is 322 g/mol. The summed E-state index contributed by atoms with van der Waals surface area (Å²) in [6, 6.07) is 5.49. The molecule has 0 saturated carbocycles. The molecule has 1 aromatic heterocycles. The number of hydrogen-bond donors (Lipinski definition) is 1. The van der Waals surface area contributed by atoms with Crippen LogP contribution in [0.3, 0.4) is 0 Å². The van der Waals surface area contributed by atoms with E-state index in [1.807, 2.05) is 6.07 Å². The van der Waals surface area contributed by atoms with Gasteiger partial charge in [0, 0.05) is 18.5 Å². The highest BCUT2D eigenvalue weighted by Crippen LogP contribution is 2.29. The lowest BCUT2D eigenvalue weighted by Gasteiger charge is -2.26. The molecular formula is C18H25N3O4. The Morgan fingerprint density at radius 1 is 1.40 bits per heavy atom. The van der Waals surface area contributed by atoms with Crippen molar-refractivity contribution in [1.29, 1.82) is 0 Å². The second kappa shape index (κ2) is 7.01. The van der Waals surface area contributed by atoms with Crippen molar-refractivity contribution >= 4 is 17.1 Å². The Balaban J connectivity index is 1.98. The molecule has 136 valence electrons. The molecule has 1 aliphatic rings.